The molecule has 9 heteroatoms. The number of phenolic OH excluding ortho intramolecular Hbond substituents is 1. The fourth-order valence-corrected chi connectivity index (χ4v) is 2.83. The zero-order valence-electron chi connectivity index (χ0n) is 19.1. The second-order valence-electron chi connectivity index (χ2n) is 8.21. The van der Waals surface area contributed by atoms with Gasteiger partial charge in [0.1, 0.15) is 23.4 Å². The Kier molecular flexibility index (Phi) is 10.5. The smallest absolute Gasteiger partial charge is 0.408 e. The van der Waals surface area contributed by atoms with E-state index in [-0.39, 0.29) is 5.75 Å². The number of aromatic hydroxyl groups is 1. The van der Waals surface area contributed by atoms with E-state index in [1.165, 1.54) is 24.3 Å². The van der Waals surface area contributed by atoms with E-state index in [0.717, 1.165) is 24.2 Å². The number of amides is 3. The minimum absolute atomic E-state index is 0.0192. The van der Waals surface area contributed by atoms with Crippen molar-refractivity contribution in [3.63, 3.8) is 0 Å². The van der Waals surface area contributed by atoms with Crippen LogP contribution in [0.25, 0.3) is 0 Å². The van der Waals surface area contributed by atoms with Gasteiger partial charge in [-0.3, -0.25) is 14.5 Å². The van der Waals surface area contributed by atoms with Crippen LogP contribution < -0.4 is 10.6 Å². The fourth-order valence-electron chi connectivity index (χ4n) is 2.83. The minimum atomic E-state index is -1.42. The number of rotatable bonds is 10. The van der Waals surface area contributed by atoms with Gasteiger partial charge in [-0.2, -0.15) is 0 Å². The van der Waals surface area contributed by atoms with Gasteiger partial charge < -0.3 is 25.6 Å². The Morgan fingerprint density at radius 2 is 1.81 bits per heavy atom. The number of carbonyl (C=O) groups is 3. The third kappa shape index (κ3) is 8.47. The Hall–Kier alpha value is -3.25. The molecule has 9 nitrogen and oxygen atoms in total. The summed E-state index contributed by atoms with van der Waals surface area (Å²) in [6.07, 6.45) is 7.33. The molecule has 0 fully saturated rings. The van der Waals surface area contributed by atoms with Gasteiger partial charge in [-0.25, -0.2) is 4.79 Å². The number of hydrogen-bond acceptors (Lipinski definition) is 6. The second kappa shape index (κ2) is 12.6. The number of benzene rings is 1. The Morgan fingerprint density at radius 3 is 2.31 bits per heavy atom. The molecule has 0 bridgehead atoms. The highest BCUT2D eigenvalue weighted by Crippen LogP contribution is 2.24. The summed E-state index contributed by atoms with van der Waals surface area (Å²) in [5.41, 5.74) is -0.456. The first-order valence-electron chi connectivity index (χ1n) is 10.5. The lowest BCUT2D eigenvalue weighted by Crippen LogP contribution is -2.53. The summed E-state index contributed by atoms with van der Waals surface area (Å²) in [6.45, 7) is 6.64. The van der Waals surface area contributed by atoms with Gasteiger partial charge in [0, 0.05) is 12.6 Å². The van der Waals surface area contributed by atoms with Gasteiger partial charge in [-0.05, 0) is 44.9 Å². The molecular formula is C23H33N3O6. The number of nitrogens with one attached hydrogen (secondary N) is 2. The van der Waals surface area contributed by atoms with Crippen molar-refractivity contribution in [1.29, 1.82) is 0 Å². The van der Waals surface area contributed by atoms with Crippen LogP contribution in [0.15, 0.2) is 24.3 Å². The number of alkyl carbamates (subject to hydrolysis) is 1. The van der Waals surface area contributed by atoms with Gasteiger partial charge >= 0.3 is 6.09 Å². The SMILES string of the molecule is C#CN(C(=O)C(CO)NC(=O)OC(C)(C)C)C(C(=O)NCCCCC)c1ccc(O)cc1. The number of ether oxygens (including phenoxy) is 1. The molecule has 2 atom stereocenters. The number of nitrogens with zero attached hydrogens (tertiary/aromatic N) is 1. The van der Waals surface area contributed by atoms with Crippen molar-refractivity contribution in [3.05, 3.63) is 29.8 Å². The Labute approximate surface area is 189 Å². The van der Waals surface area contributed by atoms with Crippen molar-refractivity contribution in [2.45, 2.75) is 64.6 Å². The van der Waals surface area contributed by atoms with Crippen LogP contribution in [0.2, 0.25) is 0 Å². The summed E-state index contributed by atoms with van der Waals surface area (Å²) in [4.78, 5) is 39.0. The average molecular weight is 448 g/mol. The molecule has 0 aliphatic carbocycles. The largest absolute Gasteiger partial charge is 0.508 e. The van der Waals surface area contributed by atoms with Gasteiger partial charge in [0.25, 0.3) is 5.91 Å². The summed E-state index contributed by atoms with van der Waals surface area (Å²) in [5, 5.41) is 24.3. The lowest BCUT2D eigenvalue weighted by Gasteiger charge is -2.29. The van der Waals surface area contributed by atoms with Crippen LogP contribution in [0.3, 0.4) is 0 Å². The number of aliphatic hydroxyl groups excluding tert-OH is 1. The summed E-state index contributed by atoms with van der Waals surface area (Å²) >= 11 is 0. The maximum atomic E-state index is 13.1. The van der Waals surface area contributed by atoms with E-state index in [4.69, 9.17) is 11.2 Å². The topological polar surface area (TPSA) is 128 Å². The summed E-state index contributed by atoms with van der Waals surface area (Å²) < 4.78 is 5.12. The van der Waals surface area contributed by atoms with Gasteiger partial charge in [0.2, 0.25) is 5.91 Å². The zero-order chi connectivity index (χ0) is 24.3. The molecule has 0 saturated carbocycles. The van der Waals surface area contributed by atoms with Crippen molar-refractivity contribution >= 4 is 17.9 Å². The van der Waals surface area contributed by atoms with Gasteiger partial charge in [0.15, 0.2) is 0 Å². The van der Waals surface area contributed by atoms with Crippen LogP contribution in [0.4, 0.5) is 4.79 Å². The molecule has 0 saturated heterocycles. The summed E-state index contributed by atoms with van der Waals surface area (Å²) in [6, 6.07) is 5.22. The highest BCUT2D eigenvalue weighted by Gasteiger charge is 2.35. The van der Waals surface area contributed by atoms with Crippen molar-refractivity contribution in [2.24, 2.45) is 0 Å². The van der Waals surface area contributed by atoms with Gasteiger partial charge in [0.05, 0.1) is 6.61 Å². The maximum Gasteiger partial charge on any atom is 0.408 e. The predicted molar refractivity (Wildman–Crippen MR) is 119 cm³/mol. The lowest BCUT2D eigenvalue weighted by molar-refractivity contribution is -0.139. The monoisotopic (exact) mass is 447 g/mol. The number of aliphatic hydroxyl groups is 1. The standard InChI is InChI=1S/C23H33N3O6/c1-6-8-9-14-24-20(29)19(16-10-12-17(28)13-11-16)26(7-2)21(30)18(15-27)25-22(31)32-23(3,4)5/h2,10-13,18-19,27-28H,6,8-9,14-15H2,1,3-5H3,(H,24,29)(H,25,31). The fraction of sp³-hybridized carbons (Fsp3) is 0.522. The normalized spacial score (nSPS) is 12.8. The molecule has 4 N–H and O–H groups in total. The van der Waals surface area contributed by atoms with Crippen molar-refractivity contribution in [3.8, 4) is 18.2 Å². The van der Waals surface area contributed by atoms with E-state index in [1.807, 2.05) is 6.92 Å². The number of unbranched alkanes of at least 4 members (excludes halogenated alkanes) is 2. The zero-order valence-corrected chi connectivity index (χ0v) is 19.1. The summed E-state index contributed by atoms with van der Waals surface area (Å²) in [5.74, 6) is -1.40. The third-order valence-corrected chi connectivity index (χ3v) is 4.34. The molecule has 0 radical (unpaired) electrons. The van der Waals surface area contributed by atoms with E-state index in [9.17, 15) is 24.6 Å². The number of phenols is 1. The minimum Gasteiger partial charge on any atom is -0.508 e. The van der Waals surface area contributed by atoms with E-state index in [2.05, 4.69) is 16.7 Å². The molecule has 0 aliphatic rings. The quantitative estimate of drug-likeness (QED) is 0.247. The second-order valence-corrected chi connectivity index (χ2v) is 8.21. The van der Waals surface area contributed by atoms with E-state index >= 15 is 0 Å². The summed E-state index contributed by atoms with van der Waals surface area (Å²) in [7, 11) is 0. The van der Waals surface area contributed by atoms with E-state index < -0.39 is 42.2 Å². The molecule has 176 valence electrons. The first-order valence-corrected chi connectivity index (χ1v) is 10.5. The molecule has 1 aromatic rings. The Balaban J connectivity index is 3.16. The Bertz CT molecular complexity index is 811. The van der Waals surface area contributed by atoms with Gasteiger partial charge in [-0.15, -0.1) is 0 Å². The molecule has 0 aromatic heterocycles. The average Bonchev–Trinajstić information content (AvgIpc) is 2.72. The molecule has 0 heterocycles. The third-order valence-electron chi connectivity index (χ3n) is 4.34. The van der Waals surface area contributed by atoms with Crippen LogP contribution in [0.5, 0.6) is 5.75 Å². The molecule has 32 heavy (non-hydrogen) atoms. The molecule has 1 aromatic carbocycles. The highest BCUT2D eigenvalue weighted by atomic mass is 16.6. The van der Waals surface area contributed by atoms with Crippen LogP contribution in [0.1, 0.15) is 58.6 Å². The predicted octanol–water partition coefficient (Wildman–Crippen LogP) is 2.04. The number of hydrogen-bond donors (Lipinski definition) is 4. The number of terminal acetylenes is 1. The molecule has 1 rings (SSSR count). The molecular weight excluding hydrogens is 414 g/mol. The lowest BCUT2D eigenvalue weighted by atomic mass is 10.0. The van der Waals surface area contributed by atoms with E-state index in [0.29, 0.717) is 12.1 Å². The van der Waals surface area contributed by atoms with Crippen LogP contribution in [-0.4, -0.2) is 57.8 Å². The van der Waals surface area contributed by atoms with Crippen molar-refractivity contribution in [1.82, 2.24) is 15.5 Å². The van der Waals surface area contributed by atoms with Crippen LogP contribution >= 0.6 is 0 Å². The van der Waals surface area contributed by atoms with Crippen LogP contribution in [0, 0.1) is 12.5 Å². The molecule has 3 amide bonds. The maximum absolute atomic E-state index is 13.1. The highest BCUT2D eigenvalue weighted by molar-refractivity contribution is 5.93. The van der Waals surface area contributed by atoms with E-state index in [1.54, 1.807) is 20.8 Å². The number of carbonyl (C=O) groups excluding carboxylic acids is 3. The molecule has 0 spiro atoms. The van der Waals surface area contributed by atoms with Crippen molar-refractivity contribution < 1.29 is 29.3 Å². The Morgan fingerprint density at radius 1 is 1.19 bits per heavy atom. The first kappa shape index (κ1) is 26.8. The van der Waals surface area contributed by atoms with Gasteiger partial charge in [-0.1, -0.05) is 38.3 Å². The molecule has 0 aliphatic heterocycles. The molecule has 2 unspecified atom stereocenters. The first-order chi connectivity index (χ1) is 15.0. The van der Waals surface area contributed by atoms with Crippen LogP contribution in [-0.2, 0) is 14.3 Å². The van der Waals surface area contributed by atoms with Crippen molar-refractivity contribution in [2.75, 3.05) is 13.2 Å².